The van der Waals surface area contributed by atoms with Crippen molar-refractivity contribution in [3.63, 3.8) is 0 Å². The summed E-state index contributed by atoms with van der Waals surface area (Å²) in [4.78, 5) is 14.3. The lowest BCUT2D eigenvalue weighted by atomic mass is 9.78. The first-order valence-electron chi connectivity index (χ1n) is 10.7. The Kier molecular flexibility index (Phi) is 6.00. The number of hydrogen-bond donors (Lipinski definition) is 2. The fourth-order valence-corrected chi connectivity index (χ4v) is 4.51. The Balaban J connectivity index is 1.82. The second-order valence-corrected chi connectivity index (χ2v) is 8.64. The molecule has 2 aromatic rings. The minimum absolute atomic E-state index is 0.124. The van der Waals surface area contributed by atoms with Crippen molar-refractivity contribution >= 4 is 11.9 Å². The number of nitrogens with two attached hydrogens (primary N) is 1. The Morgan fingerprint density at radius 3 is 2.65 bits per heavy atom. The lowest BCUT2D eigenvalue weighted by molar-refractivity contribution is -0.137. The van der Waals surface area contributed by atoms with Gasteiger partial charge in [-0.25, -0.2) is 0 Å². The monoisotopic (exact) mass is 472 g/mol. The molecule has 0 bridgehead atoms. The summed E-state index contributed by atoms with van der Waals surface area (Å²) in [7, 11) is 1.40. The van der Waals surface area contributed by atoms with Crippen molar-refractivity contribution in [2.24, 2.45) is 5.73 Å². The van der Waals surface area contributed by atoms with Crippen LogP contribution in [0.15, 0.2) is 36.4 Å². The molecule has 1 fully saturated rings. The van der Waals surface area contributed by atoms with E-state index < -0.39 is 35.1 Å². The molecule has 178 valence electrons. The van der Waals surface area contributed by atoms with Crippen molar-refractivity contribution in [2.75, 3.05) is 20.3 Å². The largest absolute Gasteiger partial charge is 0.485 e. The normalized spacial score (nSPS) is 21.8. The van der Waals surface area contributed by atoms with Crippen molar-refractivity contribution in [3.05, 3.63) is 53.1 Å². The third-order valence-electron chi connectivity index (χ3n) is 6.29. The third kappa shape index (κ3) is 4.43. The lowest BCUT2D eigenvalue weighted by Gasteiger charge is -2.44. The molecule has 2 aromatic carbocycles. The first-order valence-corrected chi connectivity index (χ1v) is 10.7. The molecule has 0 aromatic heterocycles. The van der Waals surface area contributed by atoms with Gasteiger partial charge in [-0.3, -0.25) is 15.1 Å². The first-order chi connectivity index (χ1) is 16.0. The van der Waals surface area contributed by atoms with Crippen LogP contribution in [0.3, 0.4) is 0 Å². The van der Waals surface area contributed by atoms with Gasteiger partial charge in [0.05, 0.1) is 29.7 Å². The fraction of sp³-hybridized carbons (Fsp3) is 0.375. The van der Waals surface area contributed by atoms with E-state index in [2.05, 4.69) is 0 Å². The molecule has 0 aliphatic carbocycles. The van der Waals surface area contributed by atoms with E-state index in [1.807, 2.05) is 0 Å². The molecule has 0 saturated carbocycles. The zero-order chi connectivity index (χ0) is 24.7. The summed E-state index contributed by atoms with van der Waals surface area (Å²) in [5.41, 5.74) is 4.86. The van der Waals surface area contributed by atoms with E-state index in [-0.39, 0.29) is 17.5 Å². The highest BCUT2D eigenvalue weighted by atomic mass is 19.4. The van der Waals surface area contributed by atoms with Crippen LogP contribution in [0.1, 0.15) is 41.9 Å². The van der Waals surface area contributed by atoms with Gasteiger partial charge in [0, 0.05) is 25.6 Å². The molecule has 2 heterocycles. The second-order valence-electron chi connectivity index (χ2n) is 8.64. The van der Waals surface area contributed by atoms with Gasteiger partial charge < -0.3 is 15.2 Å². The maximum absolute atomic E-state index is 13.4. The van der Waals surface area contributed by atoms with E-state index in [1.54, 1.807) is 24.3 Å². The van der Waals surface area contributed by atoms with Crippen LogP contribution < -0.4 is 10.5 Å². The molecule has 10 heteroatoms. The number of rotatable bonds is 2. The molecule has 1 unspecified atom stereocenters. The highest BCUT2D eigenvalue weighted by Crippen LogP contribution is 2.46. The van der Waals surface area contributed by atoms with Gasteiger partial charge in [0.15, 0.2) is 5.96 Å². The van der Waals surface area contributed by atoms with E-state index in [4.69, 9.17) is 20.6 Å². The number of fused-ring (bicyclic) bond motifs is 1. The van der Waals surface area contributed by atoms with Crippen LogP contribution >= 0.6 is 0 Å². The van der Waals surface area contributed by atoms with Crippen LogP contribution in [0, 0.1) is 16.7 Å². The summed E-state index contributed by atoms with van der Waals surface area (Å²) >= 11 is 0. The molecule has 1 amide bonds. The molecule has 2 aliphatic heterocycles. The molecule has 34 heavy (non-hydrogen) atoms. The van der Waals surface area contributed by atoms with Crippen molar-refractivity contribution < 1.29 is 27.4 Å². The minimum Gasteiger partial charge on any atom is -0.485 e. The smallest absolute Gasteiger partial charge is 0.416 e. The molecule has 2 atom stereocenters. The molecule has 0 radical (unpaired) electrons. The zero-order valence-electron chi connectivity index (χ0n) is 18.4. The number of guanidine groups is 1. The van der Waals surface area contributed by atoms with Crippen LogP contribution in [-0.2, 0) is 15.7 Å². The maximum atomic E-state index is 13.4. The summed E-state index contributed by atoms with van der Waals surface area (Å²) in [6.07, 6.45) is -2.89. The highest BCUT2D eigenvalue weighted by molar-refractivity contribution is 5.98. The van der Waals surface area contributed by atoms with Crippen LogP contribution in [0.5, 0.6) is 5.75 Å². The van der Waals surface area contributed by atoms with Crippen LogP contribution in [-0.4, -0.2) is 42.6 Å². The number of ether oxygens (including phenoxy) is 2. The number of nitrogens with one attached hydrogen (secondary N) is 1. The van der Waals surface area contributed by atoms with Crippen molar-refractivity contribution in [1.82, 2.24) is 4.90 Å². The highest BCUT2D eigenvalue weighted by Gasteiger charge is 2.46. The topological polar surface area (TPSA) is 112 Å². The molecular weight excluding hydrogens is 449 g/mol. The number of benzene rings is 2. The minimum atomic E-state index is -4.62. The van der Waals surface area contributed by atoms with Crippen molar-refractivity contribution in [3.8, 4) is 22.9 Å². The molecule has 1 saturated heterocycles. The summed E-state index contributed by atoms with van der Waals surface area (Å²) in [6, 6.07) is 9.75. The van der Waals surface area contributed by atoms with Gasteiger partial charge >= 0.3 is 6.18 Å². The van der Waals surface area contributed by atoms with Gasteiger partial charge in [-0.15, -0.1) is 0 Å². The summed E-state index contributed by atoms with van der Waals surface area (Å²) < 4.78 is 52.1. The van der Waals surface area contributed by atoms with Gasteiger partial charge in [0.1, 0.15) is 11.4 Å². The van der Waals surface area contributed by atoms with Crippen molar-refractivity contribution in [1.29, 1.82) is 10.7 Å². The van der Waals surface area contributed by atoms with E-state index >= 15 is 0 Å². The third-order valence-corrected chi connectivity index (χ3v) is 6.29. The number of carbonyl (C=O) groups is 1. The maximum Gasteiger partial charge on any atom is 0.416 e. The Labute approximate surface area is 194 Å². The Hall–Kier alpha value is -3.58. The Morgan fingerprint density at radius 2 is 2.03 bits per heavy atom. The van der Waals surface area contributed by atoms with Crippen molar-refractivity contribution in [2.45, 2.75) is 37.0 Å². The number of amides is 1. The van der Waals surface area contributed by atoms with Gasteiger partial charge in [0.25, 0.3) is 0 Å². The Morgan fingerprint density at radius 1 is 1.26 bits per heavy atom. The average Bonchev–Trinajstić information content (AvgIpc) is 2.81. The molecule has 7 nitrogen and oxygen atoms in total. The molecule has 3 N–H and O–H groups in total. The summed E-state index contributed by atoms with van der Waals surface area (Å²) in [5, 5.41) is 16.9. The summed E-state index contributed by atoms with van der Waals surface area (Å²) in [5.74, 6) is -1.13. The van der Waals surface area contributed by atoms with Gasteiger partial charge in [0.2, 0.25) is 5.91 Å². The number of likely N-dealkylation sites (N-methyl/N-ethyl adjacent to an activating group) is 1. The molecule has 2 aliphatic rings. The number of carbonyl (C=O) groups excluding carboxylic acids is 1. The number of alkyl halides is 3. The molecular formula is C24H23F3N4O3. The number of nitriles is 1. The summed E-state index contributed by atoms with van der Waals surface area (Å²) in [6.45, 7) is 0.903. The standard InChI is InChI=1S/C24H23F3N4O3/c1-31(22(29)30)21(32)19-11-23(5-2-6-33-13-23)34-20-4-3-15(10-18(19)20)16-7-14(12-28)8-17(9-16)24(25,26)27/h3-4,7-10,19H,2,5-6,11,13H2,1H3,(H3,29,30)/t19?,23-/m0/s1. The zero-order valence-corrected chi connectivity index (χ0v) is 18.4. The second kappa shape index (κ2) is 8.65. The van der Waals surface area contributed by atoms with E-state index in [0.717, 1.165) is 23.5 Å². The van der Waals surface area contributed by atoms with Crippen LogP contribution in [0.25, 0.3) is 11.1 Å². The van der Waals surface area contributed by atoms with E-state index in [9.17, 15) is 23.2 Å². The predicted octanol–water partition coefficient (Wildman–Crippen LogP) is 4.01. The SMILES string of the molecule is CN(C(=N)N)C(=O)C1C[C@]2(CCCOC2)Oc2ccc(-c3cc(C#N)cc(C(F)(F)F)c3)cc21. The molecule has 4 rings (SSSR count). The number of hydrogen-bond acceptors (Lipinski definition) is 5. The number of halogens is 3. The molecule has 1 spiro atoms. The fourth-order valence-electron chi connectivity index (χ4n) is 4.51. The van der Waals surface area contributed by atoms with Gasteiger partial charge in [-0.1, -0.05) is 6.07 Å². The first kappa shape index (κ1) is 23.6. The van der Waals surface area contributed by atoms with E-state index in [0.29, 0.717) is 36.5 Å². The van der Waals surface area contributed by atoms with Gasteiger partial charge in [-0.2, -0.15) is 18.4 Å². The van der Waals surface area contributed by atoms with Gasteiger partial charge in [-0.05, 0) is 54.3 Å². The van der Waals surface area contributed by atoms with Crippen LogP contribution in [0.2, 0.25) is 0 Å². The van der Waals surface area contributed by atoms with E-state index in [1.165, 1.54) is 13.1 Å². The quantitative estimate of drug-likeness (QED) is 0.507. The lowest BCUT2D eigenvalue weighted by Crippen LogP contribution is -2.51. The average molecular weight is 472 g/mol. The Bertz CT molecular complexity index is 1180. The predicted molar refractivity (Wildman–Crippen MR) is 117 cm³/mol. The number of nitrogens with zero attached hydrogens (tertiary/aromatic N) is 2. The van der Waals surface area contributed by atoms with Crippen LogP contribution in [0.4, 0.5) is 13.2 Å².